The fraction of sp³-hybridized carbons (Fsp3) is 0.471. The van der Waals surface area contributed by atoms with E-state index >= 15 is 0 Å². The Morgan fingerprint density at radius 2 is 1.90 bits per heavy atom. The number of aromatic nitrogens is 2. The van der Waals surface area contributed by atoms with Gasteiger partial charge in [0.05, 0.1) is 18.7 Å². The number of hydrogen-bond acceptors (Lipinski definition) is 3. The van der Waals surface area contributed by atoms with Crippen LogP contribution < -0.4 is 10.1 Å². The van der Waals surface area contributed by atoms with Gasteiger partial charge in [0.2, 0.25) is 0 Å². The summed E-state index contributed by atoms with van der Waals surface area (Å²) in [5.41, 5.74) is 2.43. The van der Waals surface area contributed by atoms with Gasteiger partial charge in [-0.1, -0.05) is 19.1 Å². The van der Waals surface area contributed by atoms with Gasteiger partial charge < -0.3 is 10.1 Å². The highest BCUT2D eigenvalue weighted by molar-refractivity contribution is 5.29. The van der Waals surface area contributed by atoms with Crippen molar-refractivity contribution < 1.29 is 4.74 Å². The maximum absolute atomic E-state index is 5.70. The van der Waals surface area contributed by atoms with E-state index in [1.165, 1.54) is 11.3 Å². The Morgan fingerprint density at radius 3 is 2.43 bits per heavy atom. The van der Waals surface area contributed by atoms with E-state index in [2.05, 4.69) is 36.4 Å². The van der Waals surface area contributed by atoms with Gasteiger partial charge >= 0.3 is 0 Å². The van der Waals surface area contributed by atoms with Crippen molar-refractivity contribution in [1.29, 1.82) is 0 Å². The Kier molecular flexibility index (Phi) is 5.39. The number of likely N-dealkylation sites (N-methyl/N-ethyl adjacent to an activating group) is 1. The lowest BCUT2D eigenvalue weighted by atomic mass is 10.1. The van der Waals surface area contributed by atoms with E-state index < -0.39 is 0 Å². The van der Waals surface area contributed by atoms with Gasteiger partial charge in [0.15, 0.2) is 0 Å². The third-order valence-corrected chi connectivity index (χ3v) is 3.39. The van der Waals surface area contributed by atoms with Crippen LogP contribution in [-0.4, -0.2) is 22.4 Å². The smallest absolute Gasteiger partial charge is 0.119 e. The first kappa shape index (κ1) is 15.6. The molecule has 0 fully saturated rings. The number of aryl methyl sites for hydroxylation is 1. The molecule has 2 rings (SSSR count). The zero-order valence-electron chi connectivity index (χ0n) is 13.3. The minimum Gasteiger partial charge on any atom is -0.491 e. The molecule has 2 aromatic rings. The van der Waals surface area contributed by atoms with Gasteiger partial charge in [-0.2, -0.15) is 5.10 Å². The normalized spacial score (nSPS) is 12.6. The summed E-state index contributed by atoms with van der Waals surface area (Å²) in [4.78, 5) is 0. The number of nitrogens with zero attached hydrogens (tertiary/aromatic N) is 2. The van der Waals surface area contributed by atoms with Gasteiger partial charge in [-0.05, 0) is 51.1 Å². The van der Waals surface area contributed by atoms with E-state index in [9.17, 15) is 0 Å². The molecule has 0 radical (unpaired) electrons. The molecule has 4 heteroatoms. The molecule has 0 aliphatic rings. The summed E-state index contributed by atoms with van der Waals surface area (Å²) in [7, 11) is 0. The molecule has 0 spiro atoms. The maximum atomic E-state index is 5.70. The molecule has 1 unspecified atom stereocenters. The Bertz CT molecular complexity index is 545. The predicted molar refractivity (Wildman–Crippen MR) is 85.6 cm³/mol. The highest BCUT2D eigenvalue weighted by Gasteiger charge is 2.12. The summed E-state index contributed by atoms with van der Waals surface area (Å²) >= 11 is 0. The topological polar surface area (TPSA) is 39.1 Å². The van der Waals surface area contributed by atoms with E-state index in [4.69, 9.17) is 4.74 Å². The average molecular weight is 287 g/mol. The molecule has 4 nitrogen and oxygen atoms in total. The van der Waals surface area contributed by atoms with Crippen molar-refractivity contribution >= 4 is 0 Å². The molecule has 0 amide bonds. The van der Waals surface area contributed by atoms with E-state index in [-0.39, 0.29) is 12.1 Å². The Morgan fingerprint density at radius 1 is 1.19 bits per heavy atom. The summed E-state index contributed by atoms with van der Waals surface area (Å²) in [6.07, 6.45) is 2.05. The van der Waals surface area contributed by atoms with Crippen LogP contribution in [0.2, 0.25) is 0 Å². The Balaban J connectivity index is 2.12. The van der Waals surface area contributed by atoms with E-state index in [0.717, 1.165) is 18.8 Å². The molecule has 21 heavy (non-hydrogen) atoms. The third kappa shape index (κ3) is 4.33. The molecule has 1 aromatic heterocycles. The van der Waals surface area contributed by atoms with Crippen LogP contribution >= 0.6 is 0 Å². The van der Waals surface area contributed by atoms with Gasteiger partial charge in [-0.15, -0.1) is 0 Å². The Labute approximate surface area is 127 Å². The molecule has 0 bridgehead atoms. The van der Waals surface area contributed by atoms with Crippen LogP contribution in [0.25, 0.3) is 0 Å². The van der Waals surface area contributed by atoms with Crippen molar-refractivity contribution in [2.24, 2.45) is 0 Å². The van der Waals surface area contributed by atoms with Crippen LogP contribution in [-0.2, 0) is 6.54 Å². The molecule has 0 saturated carbocycles. The fourth-order valence-corrected chi connectivity index (χ4v) is 2.35. The molecule has 114 valence electrons. The fourth-order valence-electron chi connectivity index (χ4n) is 2.35. The number of rotatable bonds is 7. The monoisotopic (exact) mass is 287 g/mol. The van der Waals surface area contributed by atoms with Crippen molar-refractivity contribution in [1.82, 2.24) is 15.1 Å². The first-order valence-electron chi connectivity index (χ1n) is 7.58. The molecule has 1 aromatic carbocycles. The lowest BCUT2D eigenvalue weighted by Crippen LogP contribution is -2.26. The minimum atomic E-state index is 0.201. The summed E-state index contributed by atoms with van der Waals surface area (Å²) in [5, 5.41) is 7.90. The second-order valence-corrected chi connectivity index (χ2v) is 5.50. The highest BCUT2D eigenvalue weighted by atomic mass is 16.5. The van der Waals surface area contributed by atoms with Crippen molar-refractivity contribution in [2.45, 2.75) is 46.4 Å². The maximum Gasteiger partial charge on any atom is 0.119 e. The van der Waals surface area contributed by atoms with E-state index in [0.29, 0.717) is 0 Å². The lowest BCUT2D eigenvalue weighted by Gasteiger charge is -2.20. The quantitative estimate of drug-likeness (QED) is 0.849. The van der Waals surface area contributed by atoms with Crippen molar-refractivity contribution in [2.75, 3.05) is 6.54 Å². The average Bonchev–Trinajstić information content (AvgIpc) is 2.84. The van der Waals surface area contributed by atoms with Crippen molar-refractivity contribution in [3.8, 4) is 5.75 Å². The van der Waals surface area contributed by atoms with Gasteiger partial charge in [0.25, 0.3) is 0 Å². The van der Waals surface area contributed by atoms with Crippen LogP contribution in [0.1, 0.15) is 38.1 Å². The van der Waals surface area contributed by atoms with Crippen LogP contribution in [0.15, 0.2) is 36.5 Å². The highest BCUT2D eigenvalue weighted by Crippen LogP contribution is 2.20. The minimum absolute atomic E-state index is 0.201. The first-order chi connectivity index (χ1) is 10.1. The largest absolute Gasteiger partial charge is 0.491 e. The lowest BCUT2D eigenvalue weighted by molar-refractivity contribution is 0.242. The van der Waals surface area contributed by atoms with Gasteiger partial charge in [-0.3, -0.25) is 4.68 Å². The van der Waals surface area contributed by atoms with Crippen molar-refractivity contribution in [3.63, 3.8) is 0 Å². The second kappa shape index (κ2) is 7.27. The van der Waals surface area contributed by atoms with Crippen LogP contribution in [0.3, 0.4) is 0 Å². The third-order valence-electron chi connectivity index (χ3n) is 3.39. The summed E-state index contributed by atoms with van der Waals surface area (Å²) in [5.74, 6) is 0.916. The Hall–Kier alpha value is -1.81. The van der Waals surface area contributed by atoms with Gasteiger partial charge in [-0.25, -0.2) is 0 Å². The van der Waals surface area contributed by atoms with E-state index in [1.54, 1.807) is 0 Å². The van der Waals surface area contributed by atoms with Gasteiger partial charge in [0, 0.05) is 11.9 Å². The van der Waals surface area contributed by atoms with E-state index in [1.807, 2.05) is 42.9 Å². The first-order valence-corrected chi connectivity index (χ1v) is 7.58. The second-order valence-electron chi connectivity index (χ2n) is 5.50. The summed E-state index contributed by atoms with van der Waals surface area (Å²) in [6, 6.07) is 10.6. The number of nitrogens with one attached hydrogen (secondary N) is 1. The zero-order chi connectivity index (χ0) is 15.2. The molecule has 1 N–H and O–H groups in total. The predicted octanol–water partition coefficient (Wildman–Crippen LogP) is 3.33. The van der Waals surface area contributed by atoms with Crippen LogP contribution in [0.4, 0.5) is 0 Å². The molecule has 0 saturated heterocycles. The van der Waals surface area contributed by atoms with Gasteiger partial charge in [0.1, 0.15) is 5.75 Å². The zero-order valence-corrected chi connectivity index (χ0v) is 13.3. The number of ether oxygens (including phenoxy) is 1. The summed E-state index contributed by atoms with van der Waals surface area (Å²) < 4.78 is 7.73. The molecule has 1 atom stereocenters. The van der Waals surface area contributed by atoms with Crippen LogP contribution in [0.5, 0.6) is 5.75 Å². The molecule has 0 aliphatic heterocycles. The number of benzene rings is 1. The molecular formula is C17H25N3O. The summed E-state index contributed by atoms with van der Waals surface area (Å²) in [6.45, 7) is 10.0. The molecule has 1 heterocycles. The number of hydrogen-bond donors (Lipinski definition) is 1. The standard InChI is InChI=1S/C17H25N3O/c1-5-18-17(12-20-14(4)10-11-19-20)15-6-8-16(9-7-15)21-13(2)3/h6-11,13,17-18H,5,12H2,1-4H3. The molecule has 0 aliphatic carbocycles. The van der Waals surface area contributed by atoms with Crippen molar-refractivity contribution in [3.05, 3.63) is 47.8 Å². The van der Waals surface area contributed by atoms with Crippen LogP contribution in [0, 0.1) is 6.92 Å². The molecular weight excluding hydrogens is 262 g/mol. The SMILES string of the molecule is CCNC(Cn1nccc1C)c1ccc(OC(C)C)cc1.